The van der Waals surface area contributed by atoms with E-state index in [1.54, 1.807) is 11.8 Å². The molecule has 6 heteroatoms. The van der Waals surface area contributed by atoms with E-state index >= 15 is 0 Å². The summed E-state index contributed by atoms with van der Waals surface area (Å²) in [6, 6.07) is 14.9. The van der Waals surface area contributed by atoms with Gasteiger partial charge in [0, 0.05) is 17.1 Å². The van der Waals surface area contributed by atoms with Gasteiger partial charge in [-0.2, -0.15) is 0 Å². The molecule has 0 saturated carbocycles. The molecule has 0 aliphatic carbocycles. The number of hydrogen-bond donors (Lipinski definition) is 1. The molecule has 0 spiro atoms. The van der Waals surface area contributed by atoms with Crippen LogP contribution < -0.4 is 10.1 Å². The van der Waals surface area contributed by atoms with Gasteiger partial charge >= 0.3 is 0 Å². The van der Waals surface area contributed by atoms with Crippen LogP contribution in [-0.2, 0) is 21.5 Å². The van der Waals surface area contributed by atoms with Gasteiger partial charge in [0.2, 0.25) is 5.91 Å². The number of halogens is 1. The lowest BCUT2D eigenvalue weighted by Crippen LogP contribution is -2.50. The fourth-order valence-corrected chi connectivity index (χ4v) is 3.53. The molecule has 1 N–H and O–H groups in total. The zero-order valence-electron chi connectivity index (χ0n) is 19.9. The van der Waals surface area contributed by atoms with E-state index in [1.165, 1.54) is 0 Å². The number of nitrogens with one attached hydrogen (secondary N) is 1. The quantitative estimate of drug-likeness (QED) is 0.495. The molecule has 5 nitrogen and oxygen atoms in total. The summed E-state index contributed by atoms with van der Waals surface area (Å²) in [6.07, 6.45) is 0.825. The summed E-state index contributed by atoms with van der Waals surface area (Å²) < 4.78 is 6.93. The third-order valence-electron chi connectivity index (χ3n) is 5.48. The molecule has 2 aromatic rings. The van der Waals surface area contributed by atoms with Gasteiger partial charge in [-0.15, -0.1) is 0 Å². The Morgan fingerprint density at radius 2 is 1.69 bits per heavy atom. The van der Waals surface area contributed by atoms with Crippen LogP contribution >= 0.6 is 15.9 Å². The molecule has 2 atom stereocenters. The van der Waals surface area contributed by atoms with Gasteiger partial charge in [-0.3, -0.25) is 9.59 Å². The van der Waals surface area contributed by atoms with Crippen LogP contribution in [0, 0.1) is 0 Å². The average Bonchev–Trinajstić information content (AvgIpc) is 2.76. The molecule has 174 valence electrons. The minimum Gasteiger partial charge on any atom is -0.483 e. The maximum Gasteiger partial charge on any atom is 0.261 e. The van der Waals surface area contributed by atoms with Gasteiger partial charge < -0.3 is 15.0 Å². The molecule has 0 radical (unpaired) electrons. The topological polar surface area (TPSA) is 58.6 Å². The predicted octanol–water partition coefficient (Wildman–Crippen LogP) is 5.46. The van der Waals surface area contributed by atoms with E-state index in [1.807, 2.05) is 62.4 Å². The molecule has 32 heavy (non-hydrogen) atoms. The molecule has 0 bridgehead atoms. The lowest BCUT2D eigenvalue weighted by Gasteiger charge is -2.30. The van der Waals surface area contributed by atoms with Crippen molar-refractivity contribution in [1.82, 2.24) is 10.2 Å². The Morgan fingerprint density at radius 3 is 2.28 bits per heavy atom. The summed E-state index contributed by atoms with van der Waals surface area (Å²) in [7, 11) is 0. The van der Waals surface area contributed by atoms with Crippen LogP contribution in [0.3, 0.4) is 0 Å². The van der Waals surface area contributed by atoms with E-state index in [9.17, 15) is 9.59 Å². The minimum atomic E-state index is -0.624. The van der Waals surface area contributed by atoms with Gasteiger partial charge in [0.1, 0.15) is 11.8 Å². The first-order chi connectivity index (χ1) is 15.0. The Kier molecular flexibility index (Phi) is 9.32. The highest BCUT2D eigenvalue weighted by atomic mass is 79.9. The second kappa shape index (κ2) is 11.5. The largest absolute Gasteiger partial charge is 0.483 e. The van der Waals surface area contributed by atoms with Gasteiger partial charge in [-0.05, 0) is 55.0 Å². The monoisotopic (exact) mass is 502 g/mol. The van der Waals surface area contributed by atoms with Crippen molar-refractivity contribution in [2.75, 3.05) is 6.61 Å². The number of para-hydroxylation sites is 1. The van der Waals surface area contributed by atoms with Crippen molar-refractivity contribution < 1.29 is 14.3 Å². The predicted molar refractivity (Wildman–Crippen MR) is 133 cm³/mol. The maximum atomic E-state index is 13.3. The van der Waals surface area contributed by atoms with Crippen molar-refractivity contribution >= 4 is 27.7 Å². The number of carbonyl (C=O) groups is 2. The van der Waals surface area contributed by atoms with Crippen molar-refractivity contribution in [3.8, 4) is 5.75 Å². The Balaban J connectivity index is 2.21. The van der Waals surface area contributed by atoms with Crippen molar-refractivity contribution in [2.45, 2.75) is 72.0 Å². The molecule has 0 fully saturated rings. The standard InChI is InChI=1S/C26H35BrN2O3/c1-7-18(2)28-25(31)19(3)29(16-20-12-14-21(27)15-13-20)24(30)17-32-23-11-9-8-10-22(23)26(4,5)6/h8-15,18-19H,7,16-17H2,1-6H3,(H,28,31). The van der Waals surface area contributed by atoms with Crippen LogP contribution in [-0.4, -0.2) is 35.4 Å². The molecular weight excluding hydrogens is 468 g/mol. The molecule has 2 unspecified atom stereocenters. The summed E-state index contributed by atoms with van der Waals surface area (Å²) in [4.78, 5) is 27.7. The van der Waals surface area contributed by atoms with E-state index in [2.05, 4.69) is 42.0 Å². The Labute approximate surface area is 200 Å². The Hall–Kier alpha value is -2.34. The smallest absolute Gasteiger partial charge is 0.261 e. The van der Waals surface area contributed by atoms with Crippen molar-refractivity contribution in [3.63, 3.8) is 0 Å². The third-order valence-corrected chi connectivity index (χ3v) is 6.01. The summed E-state index contributed by atoms with van der Waals surface area (Å²) in [6.45, 7) is 12.3. The van der Waals surface area contributed by atoms with Crippen molar-refractivity contribution in [3.05, 3.63) is 64.1 Å². The fourth-order valence-electron chi connectivity index (χ4n) is 3.27. The Morgan fingerprint density at radius 1 is 1.06 bits per heavy atom. The molecule has 0 aliphatic heterocycles. The number of hydrogen-bond acceptors (Lipinski definition) is 3. The zero-order valence-corrected chi connectivity index (χ0v) is 21.5. The van der Waals surface area contributed by atoms with Crippen LogP contribution in [0.15, 0.2) is 53.0 Å². The Bertz CT molecular complexity index is 906. The number of ether oxygens (including phenoxy) is 1. The van der Waals surface area contributed by atoms with Gasteiger partial charge in [0.05, 0.1) is 0 Å². The van der Waals surface area contributed by atoms with Crippen LogP contribution in [0.1, 0.15) is 59.1 Å². The summed E-state index contributed by atoms with van der Waals surface area (Å²) in [5, 5.41) is 2.98. The number of amides is 2. The molecule has 2 amide bonds. The van der Waals surface area contributed by atoms with Crippen LogP contribution in [0.2, 0.25) is 0 Å². The van der Waals surface area contributed by atoms with E-state index < -0.39 is 6.04 Å². The number of nitrogens with zero attached hydrogens (tertiary/aromatic N) is 1. The zero-order chi connectivity index (χ0) is 23.9. The molecule has 0 heterocycles. The summed E-state index contributed by atoms with van der Waals surface area (Å²) in [5.41, 5.74) is 1.87. The molecule has 0 saturated heterocycles. The van der Waals surface area contributed by atoms with Gasteiger partial charge in [0.15, 0.2) is 6.61 Å². The first-order valence-corrected chi connectivity index (χ1v) is 11.9. The second-order valence-corrected chi connectivity index (χ2v) is 10.1. The summed E-state index contributed by atoms with van der Waals surface area (Å²) >= 11 is 3.44. The third kappa shape index (κ3) is 7.37. The number of rotatable bonds is 9. The molecular formula is C26H35BrN2O3. The SMILES string of the molecule is CCC(C)NC(=O)C(C)N(Cc1ccc(Br)cc1)C(=O)COc1ccccc1C(C)(C)C. The number of benzene rings is 2. The highest BCUT2D eigenvalue weighted by Gasteiger charge is 2.28. The first kappa shape index (κ1) is 25.9. The van der Waals surface area contributed by atoms with Gasteiger partial charge in [-0.25, -0.2) is 0 Å². The van der Waals surface area contributed by atoms with Crippen molar-refractivity contribution in [2.24, 2.45) is 0 Å². The highest BCUT2D eigenvalue weighted by molar-refractivity contribution is 9.10. The van der Waals surface area contributed by atoms with Crippen LogP contribution in [0.5, 0.6) is 5.75 Å². The average molecular weight is 503 g/mol. The second-order valence-electron chi connectivity index (χ2n) is 9.18. The van der Waals surface area contributed by atoms with Gasteiger partial charge in [-0.1, -0.05) is 74.0 Å². The van der Waals surface area contributed by atoms with E-state index in [0.29, 0.717) is 12.3 Å². The number of carbonyl (C=O) groups excluding carboxylic acids is 2. The van der Waals surface area contributed by atoms with Crippen LogP contribution in [0.4, 0.5) is 0 Å². The normalized spacial score (nSPS) is 13.2. The lowest BCUT2D eigenvalue weighted by atomic mass is 9.86. The van der Waals surface area contributed by atoms with Gasteiger partial charge in [0.25, 0.3) is 5.91 Å². The first-order valence-electron chi connectivity index (χ1n) is 11.1. The summed E-state index contributed by atoms with van der Waals surface area (Å²) in [5.74, 6) is 0.289. The van der Waals surface area contributed by atoms with E-state index in [-0.39, 0.29) is 29.9 Å². The molecule has 2 aromatic carbocycles. The van der Waals surface area contributed by atoms with Crippen molar-refractivity contribution in [1.29, 1.82) is 0 Å². The molecule has 0 aliphatic rings. The molecule has 0 aromatic heterocycles. The molecule has 2 rings (SSSR count). The highest BCUT2D eigenvalue weighted by Crippen LogP contribution is 2.31. The minimum absolute atomic E-state index is 0.0458. The van der Waals surface area contributed by atoms with Crippen LogP contribution in [0.25, 0.3) is 0 Å². The lowest BCUT2D eigenvalue weighted by molar-refractivity contribution is -0.142. The van der Waals surface area contributed by atoms with E-state index in [4.69, 9.17) is 4.74 Å². The fraction of sp³-hybridized carbons (Fsp3) is 0.462. The maximum absolute atomic E-state index is 13.3. The van der Waals surface area contributed by atoms with E-state index in [0.717, 1.165) is 22.0 Å².